The van der Waals surface area contributed by atoms with Crippen LogP contribution in [0.2, 0.25) is 0 Å². The van der Waals surface area contributed by atoms with E-state index in [1.165, 1.54) is 0 Å². The van der Waals surface area contributed by atoms with Crippen molar-refractivity contribution in [3.05, 3.63) is 47.8 Å². The maximum atomic E-state index is 5.75. The summed E-state index contributed by atoms with van der Waals surface area (Å²) in [5.74, 6) is 1.72. The zero-order valence-electron chi connectivity index (χ0n) is 11.3. The number of methoxy groups -OCH3 is 1. The molecule has 0 atom stereocenters. The molecule has 1 aliphatic heterocycles. The number of H-pyrrole nitrogens is 1. The summed E-state index contributed by atoms with van der Waals surface area (Å²) in [6.07, 6.45) is 8.60. The van der Waals surface area contributed by atoms with Gasteiger partial charge in [0, 0.05) is 43.4 Å². The summed E-state index contributed by atoms with van der Waals surface area (Å²) in [5, 5.41) is 4.28. The van der Waals surface area contributed by atoms with Crippen molar-refractivity contribution in [1.29, 1.82) is 0 Å². The molecule has 0 saturated carbocycles. The molecule has 104 valence electrons. The third kappa shape index (κ3) is 2.67. The van der Waals surface area contributed by atoms with E-state index in [4.69, 9.17) is 9.47 Å². The minimum atomic E-state index is 0.661. The van der Waals surface area contributed by atoms with Crippen molar-refractivity contribution in [2.75, 3.05) is 20.3 Å². The van der Waals surface area contributed by atoms with Crippen LogP contribution in [0.4, 0.5) is 0 Å². The van der Waals surface area contributed by atoms with Gasteiger partial charge >= 0.3 is 0 Å². The van der Waals surface area contributed by atoms with Crippen LogP contribution >= 0.6 is 0 Å². The number of nitrogens with zero attached hydrogens (tertiary/aromatic N) is 1. The molecule has 20 heavy (non-hydrogen) atoms. The Hall–Kier alpha value is -2.27. The highest BCUT2D eigenvalue weighted by atomic mass is 16.5. The van der Waals surface area contributed by atoms with E-state index in [1.54, 1.807) is 13.3 Å². The van der Waals surface area contributed by atoms with Crippen molar-refractivity contribution < 1.29 is 9.47 Å². The van der Waals surface area contributed by atoms with Gasteiger partial charge in [-0.25, -0.2) is 4.98 Å². The number of aromatic amines is 1. The number of hydrogen-bond acceptors (Lipinski definition) is 4. The van der Waals surface area contributed by atoms with E-state index in [0.29, 0.717) is 6.61 Å². The Morgan fingerprint density at radius 3 is 3.40 bits per heavy atom. The lowest BCUT2D eigenvalue weighted by atomic mass is 10.2. The zero-order chi connectivity index (χ0) is 13.8. The highest BCUT2D eigenvalue weighted by molar-refractivity contribution is 5.86. The molecule has 0 saturated heterocycles. The molecule has 0 radical (unpaired) electrons. The van der Waals surface area contributed by atoms with Crippen LogP contribution in [0.3, 0.4) is 0 Å². The summed E-state index contributed by atoms with van der Waals surface area (Å²) in [6.45, 7) is 1.40. The second-order valence-electron chi connectivity index (χ2n) is 4.55. The van der Waals surface area contributed by atoms with Crippen molar-refractivity contribution in [2.24, 2.45) is 0 Å². The molecular weight excluding hydrogens is 254 g/mol. The first-order chi connectivity index (χ1) is 9.86. The number of rotatable bonds is 5. The van der Waals surface area contributed by atoms with Gasteiger partial charge in [0.05, 0.1) is 6.61 Å². The van der Waals surface area contributed by atoms with Gasteiger partial charge in [-0.3, -0.25) is 0 Å². The van der Waals surface area contributed by atoms with Crippen LogP contribution in [0, 0.1) is 0 Å². The Kier molecular flexibility index (Phi) is 3.69. The Morgan fingerprint density at radius 1 is 1.55 bits per heavy atom. The maximum absolute atomic E-state index is 5.75. The van der Waals surface area contributed by atoms with Gasteiger partial charge in [-0.2, -0.15) is 0 Å². The molecule has 0 aromatic carbocycles. The predicted molar refractivity (Wildman–Crippen MR) is 77.7 cm³/mol. The molecule has 0 spiro atoms. The van der Waals surface area contributed by atoms with Crippen LogP contribution in [-0.2, 0) is 9.47 Å². The molecule has 2 aromatic heterocycles. The van der Waals surface area contributed by atoms with E-state index in [2.05, 4.69) is 15.3 Å². The molecule has 0 bridgehead atoms. The smallest absolute Gasteiger partial charge is 0.189 e. The van der Waals surface area contributed by atoms with Crippen LogP contribution in [0.15, 0.2) is 42.2 Å². The summed E-state index contributed by atoms with van der Waals surface area (Å²) in [5.41, 5.74) is 1.98. The number of nitrogens with one attached hydrogen (secondary N) is 2. The molecular formula is C15H17N3O2. The number of allylic oxidation sites excluding steroid dienone is 1. The Bertz CT molecular complexity index is 658. The first kappa shape index (κ1) is 12.7. The maximum Gasteiger partial charge on any atom is 0.189 e. The molecule has 5 heteroatoms. The van der Waals surface area contributed by atoms with Crippen LogP contribution in [0.5, 0.6) is 0 Å². The number of fused-ring (bicyclic) bond motifs is 1. The zero-order valence-corrected chi connectivity index (χ0v) is 11.3. The quantitative estimate of drug-likeness (QED) is 0.820. The minimum Gasteiger partial charge on any atom is -0.446 e. The third-order valence-corrected chi connectivity index (χ3v) is 3.13. The Balaban J connectivity index is 1.69. The molecule has 2 aromatic rings. The summed E-state index contributed by atoms with van der Waals surface area (Å²) in [7, 11) is 1.68. The van der Waals surface area contributed by atoms with Gasteiger partial charge < -0.3 is 19.8 Å². The fraction of sp³-hybridized carbons (Fsp3) is 0.267. The fourth-order valence-electron chi connectivity index (χ4n) is 2.16. The highest BCUT2D eigenvalue weighted by Crippen LogP contribution is 2.24. The molecule has 3 rings (SSSR count). The third-order valence-electron chi connectivity index (χ3n) is 3.13. The molecule has 3 heterocycles. The molecule has 5 nitrogen and oxygen atoms in total. The number of ether oxygens (including phenoxy) is 2. The molecule has 0 aliphatic carbocycles. The summed E-state index contributed by atoms with van der Waals surface area (Å²) in [6, 6.07) is 3.98. The first-order valence-electron chi connectivity index (χ1n) is 6.60. The van der Waals surface area contributed by atoms with Crippen molar-refractivity contribution in [2.45, 2.75) is 6.42 Å². The van der Waals surface area contributed by atoms with Crippen LogP contribution < -0.4 is 5.32 Å². The van der Waals surface area contributed by atoms with Gasteiger partial charge in [0.25, 0.3) is 0 Å². The Morgan fingerprint density at radius 2 is 2.50 bits per heavy atom. The lowest BCUT2D eigenvalue weighted by Crippen LogP contribution is -2.18. The van der Waals surface area contributed by atoms with E-state index < -0.39 is 0 Å². The number of aromatic nitrogens is 2. The van der Waals surface area contributed by atoms with Gasteiger partial charge in [0.2, 0.25) is 0 Å². The normalized spacial score (nSPS) is 16.4. The minimum absolute atomic E-state index is 0.661. The predicted octanol–water partition coefficient (Wildman–Crippen LogP) is 2.40. The van der Waals surface area contributed by atoms with Gasteiger partial charge in [0.1, 0.15) is 11.4 Å². The first-order valence-corrected chi connectivity index (χ1v) is 6.60. The van der Waals surface area contributed by atoms with Crippen LogP contribution in [0.1, 0.15) is 12.0 Å². The van der Waals surface area contributed by atoms with Crippen LogP contribution in [-0.4, -0.2) is 30.2 Å². The van der Waals surface area contributed by atoms with Crippen molar-refractivity contribution >= 4 is 17.1 Å². The Labute approximate surface area is 117 Å². The lowest BCUT2D eigenvalue weighted by molar-refractivity contribution is 0.193. The summed E-state index contributed by atoms with van der Waals surface area (Å²) < 4.78 is 10.7. The van der Waals surface area contributed by atoms with E-state index >= 15 is 0 Å². The van der Waals surface area contributed by atoms with E-state index in [-0.39, 0.29) is 0 Å². The van der Waals surface area contributed by atoms with Crippen LogP contribution in [0.25, 0.3) is 17.1 Å². The summed E-state index contributed by atoms with van der Waals surface area (Å²) in [4.78, 5) is 7.43. The second kappa shape index (κ2) is 5.79. The molecule has 0 fully saturated rings. The average Bonchev–Trinajstić information content (AvgIpc) is 3.08. The number of hydrogen-bond donors (Lipinski definition) is 2. The van der Waals surface area contributed by atoms with E-state index in [0.717, 1.165) is 41.2 Å². The van der Waals surface area contributed by atoms with Gasteiger partial charge in [-0.1, -0.05) is 0 Å². The largest absolute Gasteiger partial charge is 0.446 e. The lowest BCUT2D eigenvalue weighted by Gasteiger charge is -2.07. The fourth-order valence-corrected chi connectivity index (χ4v) is 2.16. The molecule has 0 amide bonds. The van der Waals surface area contributed by atoms with Crippen molar-refractivity contribution in [3.8, 4) is 0 Å². The van der Waals surface area contributed by atoms with Gasteiger partial charge in [0.15, 0.2) is 5.88 Å². The monoisotopic (exact) mass is 271 g/mol. The van der Waals surface area contributed by atoms with E-state index in [9.17, 15) is 0 Å². The summed E-state index contributed by atoms with van der Waals surface area (Å²) >= 11 is 0. The molecule has 0 unspecified atom stereocenters. The number of pyridine rings is 1. The molecule has 1 aliphatic rings. The second-order valence-corrected chi connectivity index (χ2v) is 4.55. The standard InChI is InChI=1S/C15H17N3O2/c1-19-8-7-16-14-5-4-12(20-14)9-11-10-18-15-13(11)3-2-6-17-15/h2-3,5-6,9-10,16H,4,7-8H2,1H3,(H,17,18). The van der Waals surface area contributed by atoms with Gasteiger partial charge in [-0.15, -0.1) is 0 Å². The van der Waals surface area contributed by atoms with Gasteiger partial charge in [-0.05, 0) is 24.3 Å². The van der Waals surface area contributed by atoms with Crippen molar-refractivity contribution in [1.82, 2.24) is 15.3 Å². The van der Waals surface area contributed by atoms with E-state index in [1.807, 2.05) is 30.5 Å². The highest BCUT2D eigenvalue weighted by Gasteiger charge is 2.12. The topological polar surface area (TPSA) is 59.2 Å². The SMILES string of the molecule is COCCNC1=CCC(=Cc2c[nH]c3ncccc23)O1. The van der Waals surface area contributed by atoms with Crippen molar-refractivity contribution in [3.63, 3.8) is 0 Å². The average molecular weight is 271 g/mol. The molecule has 2 N–H and O–H groups in total.